The smallest absolute Gasteiger partial charge is 0.268 e. The Kier molecular flexibility index (Phi) is 11.6. The average molecular weight is 1210 g/mol. The van der Waals surface area contributed by atoms with Crippen LogP contribution in [-0.4, -0.2) is 29.1 Å². The summed E-state index contributed by atoms with van der Waals surface area (Å²) in [6, 6.07) is 62.2. The van der Waals surface area contributed by atoms with Gasteiger partial charge in [-0.2, -0.15) is 12.1 Å². The van der Waals surface area contributed by atoms with Crippen LogP contribution >= 0.6 is 0 Å². The third-order valence-corrected chi connectivity index (χ3v) is 10.9. The maximum atomic E-state index is 6.29. The molecule has 0 atom stereocenters. The van der Waals surface area contributed by atoms with Gasteiger partial charge in [0, 0.05) is 65.1 Å². The van der Waals surface area contributed by atoms with Gasteiger partial charge in [0.15, 0.2) is 0 Å². The fourth-order valence-electron chi connectivity index (χ4n) is 8.04. The van der Waals surface area contributed by atoms with E-state index in [2.05, 4.69) is 151 Å². The summed E-state index contributed by atoms with van der Waals surface area (Å²) < 4.78 is 20.6. The Bertz CT molecular complexity index is 3490. The van der Waals surface area contributed by atoms with E-state index in [1.165, 1.54) is 0 Å². The molecule has 0 unspecified atom stereocenters. The van der Waals surface area contributed by atoms with E-state index in [0.29, 0.717) is 45.8 Å². The van der Waals surface area contributed by atoms with Crippen LogP contribution in [0, 0.1) is 36.9 Å². The summed E-state index contributed by atoms with van der Waals surface area (Å²) >= 11 is 0. The first-order valence-electron chi connectivity index (χ1n) is 20.4. The van der Waals surface area contributed by atoms with Crippen molar-refractivity contribution in [3.8, 4) is 57.1 Å². The van der Waals surface area contributed by atoms with Crippen LogP contribution in [0.25, 0.3) is 77.7 Å². The predicted octanol–water partition coefficient (Wildman–Crippen LogP) is 10.1. The van der Waals surface area contributed by atoms with Crippen molar-refractivity contribution >= 4 is 43.6 Å². The second kappa shape index (κ2) is 18.1. The molecule has 322 valence electrons. The van der Waals surface area contributed by atoms with Crippen molar-refractivity contribution in [1.29, 1.82) is 0 Å². The van der Waals surface area contributed by atoms with Crippen molar-refractivity contribution in [1.82, 2.24) is 29.1 Å². The molecule has 12 heteroatoms. The molecular weight excluding hydrogens is 1180 g/mol. The number of benzene rings is 6. The number of rotatable bonds is 9. The molecule has 0 aliphatic heterocycles. The zero-order chi connectivity index (χ0) is 42.4. The number of nitrogens with zero attached hydrogens (tertiary/aromatic N) is 8. The summed E-state index contributed by atoms with van der Waals surface area (Å²) in [5.41, 5.74) is 8.03. The minimum absolute atomic E-state index is 0. The van der Waals surface area contributed by atoms with Gasteiger partial charge in [-0.05, 0) is 69.8 Å². The second-order valence-electron chi connectivity index (χ2n) is 14.8. The summed E-state index contributed by atoms with van der Waals surface area (Å²) in [4.78, 5) is 18.1. The number of imidazole rings is 2. The largest absolute Gasteiger partial charge is 0.509 e. The van der Waals surface area contributed by atoms with Crippen molar-refractivity contribution in [2.75, 3.05) is 0 Å². The van der Waals surface area contributed by atoms with Crippen molar-refractivity contribution in [3.63, 3.8) is 0 Å². The van der Waals surface area contributed by atoms with Gasteiger partial charge in [0.2, 0.25) is 0 Å². The SMILES string of the molecule is [Pt].[Pt].[c-]1c(Oc2[c-]c(-c3[c-]c(Oc4[c-]c(-[n+]5[c-]n(-c6cccc7ccccc67)c6ccccc65)cnc4)ccn3)ncc2)cncc1-[n+]1[c-]n(-c2cccc3ccccc23)c2ccccc21. The van der Waals surface area contributed by atoms with Gasteiger partial charge in [-0.25, -0.2) is 0 Å². The Hall–Kier alpha value is -7.64. The van der Waals surface area contributed by atoms with Crippen molar-refractivity contribution in [2.24, 2.45) is 0 Å². The number of fused-ring (bicyclic) bond motifs is 4. The van der Waals surface area contributed by atoms with Crippen LogP contribution in [0.4, 0.5) is 0 Å². The molecule has 10 nitrogen and oxygen atoms in total. The van der Waals surface area contributed by atoms with E-state index in [9.17, 15) is 0 Å². The van der Waals surface area contributed by atoms with Crippen LogP contribution in [0.1, 0.15) is 0 Å². The molecule has 6 heterocycles. The molecular formula is C54H30N8O2Pt2-4. The number of hydrogen-bond donors (Lipinski definition) is 0. The van der Waals surface area contributed by atoms with Crippen LogP contribution in [-0.2, 0) is 42.1 Å². The third-order valence-electron chi connectivity index (χ3n) is 10.9. The number of para-hydroxylation sites is 4. The fraction of sp³-hybridized carbons (Fsp3) is 0. The van der Waals surface area contributed by atoms with Crippen LogP contribution in [0.2, 0.25) is 0 Å². The van der Waals surface area contributed by atoms with E-state index in [1.54, 1.807) is 49.3 Å². The van der Waals surface area contributed by atoms with Gasteiger partial charge in [-0.1, -0.05) is 134 Å². The topological polar surface area (TPSA) is 87.6 Å². The molecule has 12 aromatic rings. The van der Waals surface area contributed by atoms with Gasteiger partial charge in [-0.3, -0.25) is 9.13 Å². The van der Waals surface area contributed by atoms with Crippen LogP contribution in [0.15, 0.2) is 183 Å². The number of aromatic nitrogens is 8. The molecule has 0 amide bonds. The summed E-state index contributed by atoms with van der Waals surface area (Å²) in [6.45, 7) is 0. The zero-order valence-electron chi connectivity index (χ0n) is 34.3. The zero-order valence-corrected chi connectivity index (χ0v) is 38.9. The summed E-state index contributed by atoms with van der Waals surface area (Å²) in [6.07, 6.45) is 17.0. The maximum absolute atomic E-state index is 6.29. The molecule has 0 saturated carbocycles. The van der Waals surface area contributed by atoms with Crippen LogP contribution < -0.4 is 18.6 Å². The third kappa shape index (κ3) is 7.85. The molecule has 0 fully saturated rings. The minimum Gasteiger partial charge on any atom is -0.509 e. The Balaban J connectivity index is 0.00000256. The molecule has 0 saturated heterocycles. The maximum Gasteiger partial charge on any atom is 0.268 e. The van der Waals surface area contributed by atoms with E-state index in [0.717, 1.165) is 55.0 Å². The molecule has 0 spiro atoms. The Labute approximate surface area is 407 Å². The molecule has 0 N–H and O–H groups in total. The van der Waals surface area contributed by atoms with Gasteiger partial charge in [0.05, 0.1) is 33.4 Å². The van der Waals surface area contributed by atoms with E-state index in [1.807, 2.05) is 57.7 Å². The summed E-state index contributed by atoms with van der Waals surface area (Å²) in [5, 5.41) is 4.54. The van der Waals surface area contributed by atoms with Gasteiger partial charge >= 0.3 is 0 Å². The Morgan fingerprint density at radius 3 is 1.32 bits per heavy atom. The predicted molar refractivity (Wildman–Crippen MR) is 241 cm³/mol. The first-order valence-corrected chi connectivity index (χ1v) is 20.4. The van der Waals surface area contributed by atoms with Crippen molar-refractivity contribution in [3.05, 3.63) is 220 Å². The fourth-order valence-corrected chi connectivity index (χ4v) is 8.04. The molecule has 6 aromatic heterocycles. The monoisotopic (exact) mass is 1210 g/mol. The Morgan fingerprint density at radius 1 is 0.409 bits per heavy atom. The summed E-state index contributed by atoms with van der Waals surface area (Å²) in [5.74, 6) is 1.58. The first-order chi connectivity index (χ1) is 31.7. The number of pyridine rings is 4. The molecule has 0 aliphatic carbocycles. The molecule has 0 bridgehead atoms. The van der Waals surface area contributed by atoms with Gasteiger partial charge in [0.25, 0.3) is 12.7 Å². The van der Waals surface area contributed by atoms with E-state index < -0.39 is 0 Å². The summed E-state index contributed by atoms with van der Waals surface area (Å²) in [7, 11) is 0. The molecule has 0 radical (unpaired) electrons. The molecule has 0 aliphatic rings. The quantitative estimate of drug-likeness (QED) is 0.106. The van der Waals surface area contributed by atoms with Crippen molar-refractivity contribution in [2.45, 2.75) is 0 Å². The van der Waals surface area contributed by atoms with E-state index >= 15 is 0 Å². The van der Waals surface area contributed by atoms with Crippen LogP contribution in [0.5, 0.6) is 23.0 Å². The van der Waals surface area contributed by atoms with Gasteiger partial charge in [-0.15, -0.1) is 35.7 Å². The Morgan fingerprint density at radius 2 is 0.833 bits per heavy atom. The van der Waals surface area contributed by atoms with Gasteiger partial charge < -0.3 is 38.5 Å². The number of ether oxygens (including phenoxy) is 2. The van der Waals surface area contributed by atoms with Gasteiger partial charge in [0.1, 0.15) is 0 Å². The van der Waals surface area contributed by atoms with Crippen molar-refractivity contribution < 1.29 is 60.7 Å². The molecule has 6 aromatic carbocycles. The van der Waals surface area contributed by atoms with Crippen LogP contribution in [0.3, 0.4) is 0 Å². The standard InChI is InChI=1S/C54H30N8O2.2Pt/c1-3-15-45-37(11-1)13-9-21-49(45)61-35-59(51-17-5-7-19-53(51)61)39-27-43(33-55-31-39)63-41-23-25-57-47(29-41)48-30-42(24-26-58-48)64-44-28-40(32-56-34-44)60-36-62(54-20-8-6-18-52(54)60)50-22-10-14-38-12-2-4-16-46(38)50;;/h1-26,31-34H;;/q-4;;. The van der Waals surface area contributed by atoms with E-state index in [-0.39, 0.29) is 42.1 Å². The second-order valence-corrected chi connectivity index (χ2v) is 14.8. The minimum atomic E-state index is 0. The van der Waals surface area contributed by atoms with E-state index in [4.69, 9.17) is 9.47 Å². The average Bonchev–Trinajstić information content (AvgIpc) is 3.94. The molecule has 12 rings (SSSR count). The normalized spacial score (nSPS) is 11.1. The molecule has 66 heavy (non-hydrogen) atoms. The first kappa shape index (κ1) is 42.3. The number of hydrogen-bond acceptors (Lipinski definition) is 6.